The van der Waals surface area contributed by atoms with E-state index >= 15 is 0 Å². The molecule has 2 aromatic carbocycles. The number of para-hydroxylation sites is 1. The third-order valence-corrected chi connectivity index (χ3v) is 4.30. The number of anilines is 1. The predicted molar refractivity (Wildman–Crippen MR) is 107 cm³/mol. The number of nitrogen functional groups attached to an aromatic ring is 1. The lowest BCUT2D eigenvalue weighted by molar-refractivity contribution is 0.590. The van der Waals surface area contributed by atoms with Crippen LogP contribution in [0.15, 0.2) is 48.5 Å². The first-order chi connectivity index (χ1) is 11.4. The van der Waals surface area contributed by atoms with Gasteiger partial charge in [0.05, 0.1) is 0 Å². The third kappa shape index (κ3) is 5.53. The summed E-state index contributed by atoms with van der Waals surface area (Å²) in [4.78, 5) is 0. The molecule has 3 nitrogen and oxygen atoms in total. The predicted octanol–water partition coefficient (Wildman–Crippen LogP) is 3.77. The average Bonchev–Trinajstić information content (AvgIpc) is 2.54. The van der Waals surface area contributed by atoms with Gasteiger partial charge in [-0.3, -0.25) is 0 Å². The number of nitrogens with two attached hydrogens (primary N) is 1. The first kappa shape index (κ1) is 18.3. The largest absolute Gasteiger partial charge is 0.399 e. The van der Waals surface area contributed by atoms with Gasteiger partial charge in [0.15, 0.2) is 5.11 Å². The molecule has 0 aliphatic heterocycles. The lowest BCUT2D eigenvalue weighted by Gasteiger charge is -2.19. The van der Waals surface area contributed by atoms with Crippen molar-refractivity contribution in [3.8, 4) is 0 Å². The molecule has 2 aromatic rings. The monoisotopic (exact) mass is 341 g/mol. The van der Waals surface area contributed by atoms with Gasteiger partial charge in [-0.05, 0) is 46.8 Å². The maximum absolute atomic E-state index is 5.94. The van der Waals surface area contributed by atoms with Crippen LogP contribution in [0.25, 0.3) is 0 Å². The van der Waals surface area contributed by atoms with Gasteiger partial charge in [0, 0.05) is 18.8 Å². The second-order valence-electron chi connectivity index (χ2n) is 7.01. The minimum absolute atomic E-state index is 0.183. The first-order valence-corrected chi connectivity index (χ1v) is 8.71. The summed E-state index contributed by atoms with van der Waals surface area (Å²) >= 11 is 5.33. The van der Waals surface area contributed by atoms with E-state index in [-0.39, 0.29) is 5.41 Å². The van der Waals surface area contributed by atoms with E-state index in [0.717, 1.165) is 30.8 Å². The van der Waals surface area contributed by atoms with E-state index in [1.165, 1.54) is 11.1 Å². The van der Waals surface area contributed by atoms with Crippen molar-refractivity contribution in [1.29, 1.82) is 0 Å². The zero-order valence-corrected chi connectivity index (χ0v) is 15.5. The Morgan fingerprint density at radius 2 is 1.67 bits per heavy atom. The van der Waals surface area contributed by atoms with Gasteiger partial charge in [-0.1, -0.05) is 63.2 Å². The quantitative estimate of drug-likeness (QED) is 0.572. The second kappa shape index (κ2) is 8.15. The normalized spacial score (nSPS) is 11.1. The van der Waals surface area contributed by atoms with Crippen molar-refractivity contribution >= 4 is 23.0 Å². The molecule has 0 saturated heterocycles. The van der Waals surface area contributed by atoms with Crippen molar-refractivity contribution in [2.75, 3.05) is 12.3 Å². The number of hydrogen-bond donors (Lipinski definition) is 3. The highest BCUT2D eigenvalue weighted by Crippen LogP contribution is 2.22. The van der Waals surface area contributed by atoms with Crippen molar-refractivity contribution < 1.29 is 0 Å². The maximum Gasteiger partial charge on any atom is 0.166 e. The molecule has 0 fully saturated rings. The number of nitrogens with one attached hydrogen (secondary N) is 2. The number of benzene rings is 2. The summed E-state index contributed by atoms with van der Waals surface area (Å²) < 4.78 is 0. The second-order valence-corrected chi connectivity index (χ2v) is 7.41. The van der Waals surface area contributed by atoms with Gasteiger partial charge < -0.3 is 16.4 Å². The fraction of sp³-hybridized carbons (Fsp3) is 0.350. The number of rotatable bonds is 5. The Morgan fingerprint density at radius 1 is 1.00 bits per heavy atom. The van der Waals surface area contributed by atoms with Crippen molar-refractivity contribution in [3.05, 3.63) is 65.2 Å². The van der Waals surface area contributed by atoms with Crippen LogP contribution in [-0.4, -0.2) is 11.7 Å². The molecule has 0 atom stereocenters. The van der Waals surface area contributed by atoms with Crippen molar-refractivity contribution in [3.63, 3.8) is 0 Å². The SMILES string of the molecule is CC(C)(C)c1ccc(CNC(=S)NCCc2ccccc2N)cc1. The Kier molecular flexibility index (Phi) is 6.21. The Balaban J connectivity index is 1.74. The molecule has 0 aliphatic rings. The van der Waals surface area contributed by atoms with Crippen molar-refractivity contribution in [2.45, 2.75) is 39.2 Å². The molecule has 0 heterocycles. The first-order valence-electron chi connectivity index (χ1n) is 8.31. The highest BCUT2D eigenvalue weighted by atomic mass is 32.1. The van der Waals surface area contributed by atoms with Gasteiger partial charge in [-0.25, -0.2) is 0 Å². The van der Waals surface area contributed by atoms with E-state index in [0.29, 0.717) is 5.11 Å². The smallest absolute Gasteiger partial charge is 0.166 e. The zero-order valence-electron chi connectivity index (χ0n) is 14.7. The van der Waals surface area contributed by atoms with E-state index in [1.54, 1.807) is 0 Å². The summed E-state index contributed by atoms with van der Waals surface area (Å²) in [5.74, 6) is 0. The minimum Gasteiger partial charge on any atom is -0.399 e. The molecule has 2 rings (SSSR count). The van der Waals surface area contributed by atoms with Gasteiger partial charge in [-0.15, -0.1) is 0 Å². The van der Waals surface area contributed by atoms with Crippen molar-refractivity contribution in [1.82, 2.24) is 10.6 Å². The Morgan fingerprint density at radius 3 is 2.29 bits per heavy atom. The molecule has 0 spiro atoms. The van der Waals surface area contributed by atoms with E-state index in [1.807, 2.05) is 24.3 Å². The highest BCUT2D eigenvalue weighted by molar-refractivity contribution is 7.80. The Hall–Kier alpha value is -2.07. The van der Waals surface area contributed by atoms with Crippen LogP contribution in [0.3, 0.4) is 0 Å². The van der Waals surface area contributed by atoms with Gasteiger partial charge in [-0.2, -0.15) is 0 Å². The summed E-state index contributed by atoms with van der Waals surface area (Å²) in [6.07, 6.45) is 0.856. The van der Waals surface area contributed by atoms with Crippen LogP contribution in [-0.2, 0) is 18.4 Å². The Bertz CT molecular complexity index is 672. The standard InChI is InChI=1S/C20H27N3S/c1-20(2,3)17-10-8-15(9-11-17)14-23-19(24)22-13-12-16-6-4-5-7-18(16)21/h4-11H,12-14,21H2,1-3H3,(H2,22,23,24). The van der Waals surface area contributed by atoms with Crippen LogP contribution in [0, 0.1) is 0 Å². The molecule has 0 saturated carbocycles. The van der Waals surface area contributed by atoms with Gasteiger partial charge in [0.2, 0.25) is 0 Å². The molecule has 128 valence electrons. The summed E-state index contributed by atoms with van der Waals surface area (Å²) in [7, 11) is 0. The highest BCUT2D eigenvalue weighted by Gasteiger charge is 2.12. The lowest BCUT2D eigenvalue weighted by atomic mass is 9.87. The van der Waals surface area contributed by atoms with E-state index in [9.17, 15) is 0 Å². The zero-order chi connectivity index (χ0) is 17.6. The van der Waals surface area contributed by atoms with Gasteiger partial charge in [0.25, 0.3) is 0 Å². The molecule has 0 aromatic heterocycles. The molecule has 0 bridgehead atoms. The van der Waals surface area contributed by atoms with Crippen LogP contribution in [0.2, 0.25) is 0 Å². The summed E-state index contributed by atoms with van der Waals surface area (Å²) in [6, 6.07) is 16.6. The molecule has 0 amide bonds. The van der Waals surface area contributed by atoms with Crippen LogP contribution in [0.4, 0.5) is 5.69 Å². The van der Waals surface area contributed by atoms with E-state index < -0.39 is 0 Å². The van der Waals surface area contributed by atoms with Crippen LogP contribution >= 0.6 is 12.2 Å². The molecule has 0 radical (unpaired) electrons. The van der Waals surface area contributed by atoms with Gasteiger partial charge in [0.1, 0.15) is 0 Å². The maximum atomic E-state index is 5.94. The molecule has 4 N–H and O–H groups in total. The number of thiocarbonyl (C=S) groups is 1. The molecule has 4 heteroatoms. The molecule has 0 unspecified atom stereocenters. The van der Waals surface area contributed by atoms with E-state index in [2.05, 4.69) is 55.7 Å². The number of hydrogen-bond acceptors (Lipinski definition) is 2. The fourth-order valence-electron chi connectivity index (χ4n) is 2.44. The summed E-state index contributed by atoms with van der Waals surface area (Å²) in [5.41, 5.74) is 10.7. The minimum atomic E-state index is 0.183. The van der Waals surface area contributed by atoms with Crippen LogP contribution in [0.5, 0.6) is 0 Å². The van der Waals surface area contributed by atoms with Crippen molar-refractivity contribution in [2.24, 2.45) is 0 Å². The average molecular weight is 342 g/mol. The summed E-state index contributed by atoms with van der Waals surface area (Å²) in [6.45, 7) is 8.16. The third-order valence-electron chi connectivity index (χ3n) is 4.01. The Labute approximate surface area is 150 Å². The van der Waals surface area contributed by atoms with E-state index in [4.69, 9.17) is 18.0 Å². The molecule has 0 aliphatic carbocycles. The topological polar surface area (TPSA) is 50.1 Å². The van der Waals surface area contributed by atoms with Crippen LogP contribution in [0.1, 0.15) is 37.5 Å². The summed E-state index contributed by atoms with van der Waals surface area (Å²) in [5, 5.41) is 7.15. The molecular formula is C20H27N3S. The van der Waals surface area contributed by atoms with Gasteiger partial charge >= 0.3 is 0 Å². The lowest BCUT2D eigenvalue weighted by Crippen LogP contribution is -2.36. The van der Waals surface area contributed by atoms with Crippen LogP contribution < -0.4 is 16.4 Å². The molecular weight excluding hydrogens is 314 g/mol. The fourth-order valence-corrected chi connectivity index (χ4v) is 2.61. The molecule has 24 heavy (non-hydrogen) atoms.